The quantitative estimate of drug-likeness (QED) is 0.776. The minimum Gasteiger partial charge on any atom is -0.480 e. The molecule has 0 saturated carbocycles. The molecule has 6 heteroatoms. The number of methoxy groups -OCH3 is 1. The molecule has 0 spiro atoms. The first-order valence-corrected chi connectivity index (χ1v) is 5.75. The van der Waals surface area contributed by atoms with Crippen molar-refractivity contribution < 1.29 is 19.4 Å². The van der Waals surface area contributed by atoms with Crippen LogP contribution in [0.4, 0.5) is 0 Å². The lowest BCUT2D eigenvalue weighted by molar-refractivity contribution is -0.137. The molecule has 0 atom stereocenters. The molecule has 0 saturated heterocycles. The van der Waals surface area contributed by atoms with Crippen LogP contribution < -0.4 is 0 Å². The number of likely N-dealkylation sites (N-methyl/N-ethyl adjacent to an activating group) is 1. The number of carboxylic acids is 1. The normalized spacial score (nSPS) is 10.3. The number of hydrogen-bond acceptors (Lipinski definition) is 3. The number of carbonyl (C=O) groups is 2. The second-order valence-electron chi connectivity index (χ2n) is 3.79. The molecule has 0 radical (unpaired) electrons. The van der Waals surface area contributed by atoms with Gasteiger partial charge < -0.3 is 19.3 Å². The summed E-state index contributed by atoms with van der Waals surface area (Å²) in [6.07, 6.45) is 1.59. The zero-order chi connectivity index (χ0) is 13.5. The largest absolute Gasteiger partial charge is 0.480 e. The highest BCUT2D eigenvalue weighted by Crippen LogP contribution is 2.07. The summed E-state index contributed by atoms with van der Waals surface area (Å²) in [6, 6.07) is 3.29. The standard InChI is InChI=1S/C12H18N2O4/c1-3-13(7-8-18-2)12(17)10-5-4-6-14(10)9-11(15)16/h4-6H,3,7-9H2,1-2H3,(H,15,16). The van der Waals surface area contributed by atoms with Crippen LogP contribution in [-0.2, 0) is 16.1 Å². The van der Waals surface area contributed by atoms with E-state index < -0.39 is 5.97 Å². The first-order valence-electron chi connectivity index (χ1n) is 5.75. The van der Waals surface area contributed by atoms with E-state index in [1.165, 1.54) is 4.57 Å². The van der Waals surface area contributed by atoms with E-state index in [1.54, 1.807) is 30.3 Å². The predicted octanol–water partition coefficient (Wildman–Crippen LogP) is 0.681. The van der Waals surface area contributed by atoms with Crippen molar-refractivity contribution in [3.05, 3.63) is 24.0 Å². The minimum atomic E-state index is -0.972. The summed E-state index contributed by atoms with van der Waals surface area (Å²) in [7, 11) is 1.57. The number of aromatic nitrogens is 1. The number of hydrogen-bond donors (Lipinski definition) is 1. The van der Waals surface area contributed by atoms with Gasteiger partial charge in [0.2, 0.25) is 0 Å². The molecule has 18 heavy (non-hydrogen) atoms. The summed E-state index contributed by atoms with van der Waals surface area (Å²) in [5, 5.41) is 8.76. The Hall–Kier alpha value is -1.82. The fourth-order valence-corrected chi connectivity index (χ4v) is 1.66. The molecule has 100 valence electrons. The fraction of sp³-hybridized carbons (Fsp3) is 0.500. The molecule has 1 aromatic heterocycles. The first-order chi connectivity index (χ1) is 8.60. The number of ether oxygens (including phenoxy) is 1. The number of rotatable bonds is 7. The number of carboxylic acid groups (broad SMARTS) is 1. The van der Waals surface area contributed by atoms with E-state index in [2.05, 4.69) is 0 Å². The highest BCUT2D eigenvalue weighted by molar-refractivity contribution is 5.93. The minimum absolute atomic E-state index is 0.180. The highest BCUT2D eigenvalue weighted by Gasteiger charge is 2.18. The van der Waals surface area contributed by atoms with Gasteiger partial charge in [-0.3, -0.25) is 9.59 Å². The van der Waals surface area contributed by atoms with E-state index in [1.807, 2.05) is 6.92 Å². The van der Waals surface area contributed by atoms with E-state index in [9.17, 15) is 9.59 Å². The van der Waals surface area contributed by atoms with Crippen molar-refractivity contribution >= 4 is 11.9 Å². The zero-order valence-corrected chi connectivity index (χ0v) is 10.6. The van der Waals surface area contributed by atoms with E-state index in [4.69, 9.17) is 9.84 Å². The van der Waals surface area contributed by atoms with Gasteiger partial charge in [0.15, 0.2) is 0 Å². The van der Waals surface area contributed by atoms with E-state index >= 15 is 0 Å². The van der Waals surface area contributed by atoms with Gasteiger partial charge in [-0.25, -0.2) is 0 Å². The summed E-state index contributed by atoms with van der Waals surface area (Å²) in [6.45, 7) is 3.16. The SMILES string of the molecule is CCN(CCOC)C(=O)c1cccn1CC(=O)O. The van der Waals surface area contributed by atoms with Gasteiger partial charge in [0.05, 0.1) is 6.61 Å². The smallest absolute Gasteiger partial charge is 0.323 e. The lowest BCUT2D eigenvalue weighted by Crippen LogP contribution is -2.35. The van der Waals surface area contributed by atoms with Crippen molar-refractivity contribution in [2.75, 3.05) is 26.8 Å². The number of nitrogens with zero attached hydrogens (tertiary/aromatic N) is 2. The number of carbonyl (C=O) groups excluding carboxylic acids is 1. The van der Waals surface area contributed by atoms with Crippen LogP contribution in [0.3, 0.4) is 0 Å². The van der Waals surface area contributed by atoms with Crippen LogP contribution in [0.1, 0.15) is 17.4 Å². The molecule has 1 aromatic rings. The molecule has 0 aliphatic heterocycles. The van der Waals surface area contributed by atoms with Crippen molar-refractivity contribution in [2.24, 2.45) is 0 Å². The molecule has 1 amide bonds. The predicted molar refractivity (Wildman–Crippen MR) is 65.5 cm³/mol. The average Bonchev–Trinajstić information content (AvgIpc) is 2.77. The van der Waals surface area contributed by atoms with Crippen LogP contribution >= 0.6 is 0 Å². The van der Waals surface area contributed by atoms with Crippen molar-refractivity contribution in [1.82, 2.24) is 9.47 Å². The highest BCUT2D eigenvalue weighted by atomic mass is 16.5. The topological polar surface area (TPSA) is 71.8 Å². The lowest BCUT2D eigenvalue weighted by atomic mass is 10.3. The Kier molecular flexibility index (Phi) is 5.38. The Morgan fingerprint density at radius 3 is 2.78 bits per heavy atom. The molecule has 0 unspecified atom stereocenters. The van der Waals surface area contributed by atoms with Crippen molar-refractivity contribution in [2.45, 2.75) is 13.5 Å². The molecule has 0 aromatic carbocycles. The third-order valence-electron chi connectivity index (χ3n) is 2.59. The van der Waals surface area contributed by atoms with Crippen molar-refractivity contribution in [3.63, 3.8) is 0 Å². The molecular weight excluding hydrogens is 236 g/mol. The van der Waals surface area contributed by atoms with Crippen LogP contribution in [0.25, 0.3) is 0 Å². The Bertz CT molecular complexity index is 414. The van der Waals surface area contributed by atoms with Gasteiger partial charge in [-0.1, -0.05) is 0 Å². The average molecular weight is 254 g/mol. The van der Waals surface area contributed by atoms with E-state index in [-0.39, 0.29) is 12.5 Å². The van der Waals surface area contributed by atoms with Crippen LogP contribution in [0.5, 0.6) is 0 Å². The van der Waals surface area contributed by atoms with Gasteiger partial charge >= 0.3 is 5.97 Å². The molecule has 0 aliphatic rings. The van der Waals surface area contributed by atoms with Crippen molar-refractivity contribution in [1.29, 1.82) is 0 Å². The van der Waals surface area contributed by atoms with Gasteiger partial charge in [0.1, 0.15) is 12.2 Å². The molecule has 1 heterocycles. The van der Waals surface area contributed by atoms with E-state index in [0.717, 1.165) is 0 Å². The summed E-state index contributed by atoms with van der Waals surface area (Å²) < 4.78 is 6.37. The second kappa shape index (κ2) is 6.80. The van der Waals surface area contributed by atoms with Crippen LogP contribution in [-0.4, -0.2) is 53.3 Å². The van der Waals surface area contributed by atoms with Crippen molar-refractivity contribution in [3.8, 4) is 0 Å². The maximum Gasteiger partial charge on any atom is 0.323 e. The van der Waals surface area contributed by atoms with Crippen LogP contribution in [0.2, 0.25) is 0 Å². The molecule has 1 rings (SSSR count). The number of amides is 1. The Balaban J connectivity index is 2.81. The molecule has 0 fully saturated rings. The molecule has 0 bridgehead atoms. The van der Waals surface area contributed by atoms with Gasteiger partial charge in [-0.15, -0.1) is 0 Å². The lowest BCUT2D eigenvalue weighted by Gasteiger charge is -2.21. The Morgan fingerprint density at radius 2 is 2.22 bits per heavy atom. The van der Waals surface area contributed by atoms with E-state index in [0.29, 0.717) is 25.4 Å². The summed E-state index contributed by atoms with van der Waals surface area (Å²) in [5.41, 5.74) is 0.385. The summed E-state index contributed by atoms with van der Waals surface area (Å²) in [5.74, 6) is -1.15. The Morgan fingerprint density at radius 1 is 1.50 bits per heavy atom. The van der Waals surface area contributed by atoms with Crippen LogP contribution in [0.15, 0.2) is 18.3 Å². The zero-order valence-electron chi connectivity index (χ0n) is 10.6. The maximum atomic E-state index is 12.2. The van der Waals surface area contributed by atoms with Gasteiger partial charge in [-0.05, 0) is 19.1 Å². The first kappa shape index (κ1) is 14.2. The second-order valence-corrected chi connectivity index (χ2v) is 3.79. The monoisotopic (exact) mass is 254 g/mol. The summed E-state index contributed by atoms with van der Waals surface area (Å²) in [4.78, 5) is 24.5. The molecule has 1 N–H and O–H groups in total. The summed E-state index contributed by atoms with van der Waals surface area (Å²) >= 11 is 0. The van der Waals surface area contributed by atoms with Crippen LogP contribution in [0, 0.1) is 0 Å². The van der Waals surface area contributed by atoms with Gasteiger partial charge in [-0.2, -0.15) is 0 Å². The maximum absolute atomic E-state index is 12.2. The third kappa shape index (κ3) is 3.59. The molecule has 6 nitrogen and oxygen atoms in total. The fourth-order valence-electron chi connectivity index (χ4n) is 1.66. The number of aliphatic carboxylic acids is 1. The van der Waals surface area contributed by atoms with Gasteiger partial charge in [0, 0.05) is 26.4 Å². The Labute approximate surface area is 106 Å². The van der Waals surface area contributed by atoms with Gasteiger partial charge in [0.25, 0.3) is 5.91 Å². The molecular formula is C12H18N2O4. The third-order valence-corrected chi connectivity index (χ3v) is 2.59. The molecule has 0 aliphatic carbocycles.